The van der Waals surface area contributed by atoms with Crippen LogP contribution in [0.2, 0.25) is 0 Å². The van der Waals surface area contributed by atoms with Gasteiger partial charge in [0, 0.05) is 38.4 Å². The molecule has 1 aliphatic rings. The highest BCUT2D eigenvalue weighted by atomic mass is 32.2. The molecular weight excluding hydrogens is 364 g/mol. The zero-order valence-electron chi connectivity index (χ0n) is 15.3. The zero-order chi connectivity index (χ0) is 19.4. The molecule has 1 heterocycles. The summed E-state index contributed by atoms with van der Waals surface area (Å²) in [6, 6.07) is 13.5. The Labute approximate surface area is 159 Å². The number of nitrogens with two attached hydrogens (primary N) is 1. The van der Waals surface area contributed by atoms with Crippen molar-refractivity contribution in [2.75, 3.05) is 39.0 Å². The number of nitrogens with one attached hydrogen (secondary N) is 1. The highest BCUT2D eigenvalue weighted by Crippen LogP contribution is 2.21. The third-order valence-corrected chi connectivity index (χ3v) is 6.70. The average molecular weight is 388 g/mol. The number of nitrogen functional groups attached to an aromatic ring is 1. The number of para-hydroxylation sites is 1. The molecule has 1 fully saturated rings. The average Bonchev–Trinajstić information content (AvgIpc) is 2.67. The molecule has 0 aliphatic carbocycles. The molecule has 27 heavy (non-hydrogen) atoms. The number of benzene rings is 2. The Morgan fingerprint density at radius 1 is 1.04 bits per heavy atom. The van der Waals surface area contributed by atoms with Crippen molar-refractivity contribution in [3.8, 4) is 0 Å². The van der Waals surface area contributed by atoms with Crippen LogP contribution >= 0.6 is 0 Å². The number of likely N-dealkylation sites (N-methyl/N-ethyl adjacent to an activating group) is 1. The summed E-state index contributed by atoms with van der Waals surface area (Å²) in [5.41, 5.74) is 7.14. The van der Waals surface area contributed by atoms with E-state index in [0.717, 1.165) is 0 Å². The summed E-state index contributed by atoms with van der Waals surface area (Å²) in [6.45, 7) is 2.42. The SMILES string of the molecule is CN1CCN(S(=O)(=O)c2ccccc2CNC(=O)c2ccccc2N)CC1. The fourth-order valence-electron chi connectivity index (χ4n) is 3.04. The Morgan fingerprint density at radius 2 is 1.67 bits per heavy atom. The van der Waals surface area contributed by atoms with Gasteiger partial charge in [0.1, 0.15) is 0 Å². The van der Waals surface area contributed by atoms with Crippen LogP contribution in [0.4, 0.5) is 5.69 Å². The Balaban J connectivity index is 1.78. The number of amides is 1. The number of nitrogens with zero attached hydrogens (tertiary/aromatic N) is 2. The fourth-order valence-corrected chi connectivity index (χ4v) is 4.69. The first-order valence-corrected chi connectivity index (χ1v) is 10.2. The molecule has 0 spiro atoms. The lowest BCUT2D eigenvalue weighted by Gasteiger charge is -2.32. The maximum Gasteiger partial charge on any atom is 0.253 e. The normalized spacial score (nSPS) is 16.2. The summed E-state index contributed by atoms with van der Waals surface area (Å²) < 4.78 is 27.6. The van der Waals surface area contributed by atoms with Crippen LogP contribution in [0.1, 0.15) is 15.9 Å². The molecule has 0 bridgehead atoms. The zero-order valence-corrected chi connectivity index (χ0v) is 16.1. The molecule has 1 aliphatic heterocycles. The molecule has 3 N–H and O–H groups in total. The van der Waals surface area contributed by atoms with Gasteiger partial charge in [-0.2, -0.15) is 4.31 Å². The van der Waals surface area contributed by atoms with E-state index in [2.05, 4.69) is 10.2 Å². The first kappa shape index (κ1) is 19.3. The predicted octanol–water partition coefficient (Wildman–Crippen LogP) is 1.13. The van der Waals surface area contributed by atoms with E-state index in [1.807, 2.05) is 7.05 Å². The maximum absolute atomic E-state index is 13.1. The molecule has 1 saturated heterocycles. The molecule has 2 aromatic carbocycles. The second-order valence-corrected chi connectivity index (χ2v) is 8.49. The molecule has 3 rings (SSSR count). The monoisotopic (exact) mass is 388 g/mol. The number of carbonyl (C=O) groups excluding carboxylic acids is 1. The van der Waals surface area contributed by atoms with Crippen LogP contribution in [0.25, 0.3) is 0 Å². The van der Waals surface area contributed by atoms with Gasteiger partial charge in [-0.1, -0.05) is 30.3 Å². The van der Waals surface area contributed by atoms with Crippen LogP contribution in [-0.2, 0) is 16.6 Å². The van der Waals surface area contributed by atoms with Gasteiger partial charge >= 0.3 is 0 Å². The number of sulfonamides is 1. The molecule has 144 valence electrons. The standard InChI is InChI=1S/C19H24N4O3S/c1-22-10-12-23(13-11-22)27(25,26)18-9-5-2-6-15(18)14-21-19(24)16-7-3-4-8-17(16)20/h2-9H,10-14,20H2,1H3,(H,21,24). The van der Waals surface area contributed by atoms with E-state index in [4.69, 9.17) is 5.73 Å². The van der Waals surface area contributed by atoms with Gasteiger partial charge in [0.15, 0.2) is 0 Å². The van der Waals surface area contributed by atoms with E-state index in [-0.39, 0.29) is 17.3 Å². The molecular formula is C19H24N4O3S. The summed E-state index contributed by atoms with van der Waals surface area (Å²) in [5.74, 6) is -0.333. The van der Waals surface area contributed by atoms with Crippen molar-refractivity contribution < 1.29 is 13.2 Å². The lowest BCUT2D eigenvalue weighted by Crippen LogP contribution is -2.47. The number of hydrogen-bond acceptors (Lipinski definition) is 5. The van der Waals surface area contributed by atoms with Gasteiger partial charge in [0.2, 0.25) is 10.0 Å². The van der Waals surface area contributed by atoms with E-state index in [0.29, 0.717) is 43.0 Å². The fraction of sp³-hybridized carbons (Fsp3) is 0.316. The molecule has 0 atom stereocenters. The largest absolute Gasteiger partial charge is 0.398 e. The minimum atomic E-state index is -3.61. The van der Waals surface area contributed by atoms with Crippen molar-refractivity contribution in [2.45, 2.75) is 11.4 Å². The van der Waals surface area contributed by atoms with Gasteiger partial charge in [-0.05, 0) is 30.8 Å². The number of hydrogen-bond donors (Lipinski definition) is 2. The highest BCUT2D eigenvalue weighted by Gasteiger charge is 2.29. The second kappa shape index (κ2) is 8.08. The van der Waals surface area contributed by atoms with Crippen molar-refractivity contribution in [3.05, 3.63) is 59.7 Å². The molecule has 0 saturated carbocycles. The Bertz CT molecular complexity index is 922. The Kier molecular flexibility index (Phi) is 5.79. The van der Waals surface area contributed by atoms with Crippen LogP contribution in [0.3, 0.4) is 0 Å². The smallest absolute Gasteiger partial charge is 0.253 e. The molecule has 7 nitrogen and oxygen atoms in total. The van der Waals surface area contributed by atoms with Crippen molar-refractivity contribution in [1.29, 1.82) is 0 Å². The van der Waals surface area contributed by atoms with E-state index in [1.54, 1.807) is 48.5 Å². The van der Waals surface area contributed by atoms with E-state index in [1.165, 1.54) is 4.31 Å². The molecule has 8 heteroatoms. The second-order valence-electron chi connectivity index (χ2n) is 6.59. The Morgan fingerprint density at radius 3 is 2.37 bits per heavy atom. The van der Waals surface area contributed by atoms with Crippen LogP contribution in [-0.4, -0.2) is 56.8 Å². The third kappa shape index (κ3) is 4.29. The van der Waals surface area contributed by atoms with Gasteiger partial charge in [0.25, 0.3) is 5.91 Å². The van der Waals surface area contributed by atoms with Crippen LogP contribution in [0.15, 0.2) is 53.4 Å². The summed E-state index contributed by atoms with van der Waals surface area (Å²) >= 11 is 0. The quantitative estimate of drug-likeness (QED) is 0.749. The van der Waals surface area contributed by atoms with E-state index in [9.17, 15) is 13.2 Å². The molecule has 2 aromatic rings. The number of piperazine rings is 1. The summed E-state index contributed by atoms with van der Waals surface area (Å²) in [7, 11) is -1.63. The lowest BCUT2D eigenvalue weighted by molar-refractivity contribution is 0.0951. The summed E-state index contributed by atoms with van der Waals surface area (Å²) in [5, 5.41) is 2.77. The van der Waals surface area contributed by atoms with Crippen molar-refractivity contribution in [1.82, 2.24) is 14.5 Å². The topological polar surface area (TPSA) is 95.7 Å². The molecule has 0 radical (unpaired) electrons. The minimum absolute atomic E-state index is 0.107. The van der Waals surface area contributed by atoms with Crippen LogP contribution < -0.4 is 11.1 Å². The molecule has 0 unspecified atom stereocenters. The first-order valence-electron chi connectivity index (χ1n) is 8.79. The molecule has 0 aromatic heterocycles. The van der Waals surface area contributed by atoms with Crippen molar-refractivity contribution >= 4 is 21.6 Å². The Hall–Kier alpha value is -2.42. The predicted molar refractivity (Wildman–Crippen MR) is 105 cm³/mol. The summed E-state index contributed by atoms with van der Waals surface area (Å²) in [6.07, 6.45) is 0. The van der Waals surface area contributed by atoms with Gasteiger partial charge in [-0.15, -0.1) is 0 Å². The first-order chi connectivity index (χ1) is 12.9. The maximum atomic E-state index is 13.1. The van der Waals surface area contributed by atoms with Crippen molar-refractivity contribution in [3.63, 3.8) is 0 Å². The van der Waals surface area contributed by atoms with E-state index >= 15 is 0 Å². The lowest BCUT2D eigenvalue weighted by atomic mass is 10.1. The number of anilines is 1. The van der Waals surface area contributed by atoms with Crippen LogP contribution in [0.5, 0.6) is 0 Å². The van der Waals surface area contributed by atoms with Gasteiger partial charge in [-0.3, -0.25) is 4.79 Å². The number of rotatable bonds is 5. The molecule has 1 amide bonds. The van der Waals surface area contributed by atoms with Gasteiger partial charge in [-0.25, -0.2) is 8.42 Å². The third-order valence-electron chi connectivity index (χ3n) is 4.70. The number of carbonyl (C=O) groups is 1. The van der Waals surface area contributed by atoms with E-state index < -0.39 is 10.0 Å². The summed E-state index contributed by atoms with van der Waals surface area (Å²) in [4.78, 5) is 14.7. The highest BCUT2D eigenvalue weighted by molar-refractivity contribution is 7.89. The van der Waals surface area contributed by atoms with Crippen molar-refractivity contribution in [2.24, 2.45) is 0 Å². The minimum Gasteiger partial charge on any atom is -0.398 e. The van der Waals surface area contributed by atoms with Gasteiger partial charge in [0.05, 0.1) is 10.5 Å². The van der Waals surface area contributed by atoms with Crippen LogP contribution in [0, 0.1) is 0 Å². The van der Waals surface area contributed by atoms with Gasteiger partial charge < -0.3 is 16.0 Å².